The summed E-state index contributed by atoms with van der Waals surface area (Å²) in [5.41, 5.74) is 8.18. The van der Waals surface area contributed by atoms with Gasteiger partial charge in [0.1, 0.15) is 5.69 Å². The van der Waals surface area contributed by atoms with E-state index in [0.29, 0.717) is 23.7 Å². The van der Waals surface area contributed by atoms with Crippen molar-refractivity contribution in [2.24, 2.45) is 5.92 Å². The molecule has 3 amide bonds. The lowest BCUT2D eigenvalue weighted by Gasteiger charge is -2.43. The second-order valence-electron chi connectivity index (χ2n) is 14.8. The van der Waals surface area contributed by atoms with Crippen LogP contribution in [0.3, 0.4) is 0 Å². The Bertz CT molecular complexity index is 2060. The van der Waals surface area contributed by atoms with Gasteiger partial charge in [0.25, 0.3) is 11.8 Å². The average Bonchev–Trinajstić information content (AvgIpc) is 4.04. The molecule has 0 spiro atoms. The predicted octanol–water partition coefficient (Wildman–Crippen LogP) is 4.69. The Labute approximate surface area is 303 Å². The monoisotopic (exact) mass is 703 g/mol. The molecule has 2 saturated carbocycles. The lowest BCUT2D eigenvalue weighted by atomic mass is 9.91. The molecule has 3 fully saturated rings. The van der Waals surface area contributed by atoms with E-state index in [2.05, 4.69) is 71.7 Å². The van der Waals surface area contributed by atoms with Crippen molar-refractivity contribution in [1.29, 1.82) is 0 Å². The van der Waals surface area contributed by atoms with Crippen molar-refractivity contribution < 1.29 is 14.4 Å². The molecule has 8 rings (SSSR count). The van der Waals surface area contributed by atoms with Crippen LogP contribution in [-0.2, 0) is 11.3 Å². The first-order valence-electron chi connectivity index (χ1n) is 18.2. The topological polar surface area (TPSA) is 154 Å². The van der Waals surface area contributed by atoms with Crippen LogP contribution in [0, 0.1) is 12.8 Å². The number of hydrogen-bond donors (Lipinski definition) is 3. The molecule has 1 saturated heterocycles. The molecular weight excluding hydrogens is 658 g/mol. The van der Waals surface area contributed by atoms with E-state index in [9.17, 15) is 14.4 Å². The predicted molar refractivity (Wildman–Crippen MR) is 198 cm³/mol. The van der Waals surface area contributed by atoms with E-state index in [1.807, 2.05) is 31.3 Å². The molecule has 1 atom stereocenters. The molecule has 3 aromatic heterocycles. The van der Waals surface area contributed by atoms with Gasteiger partial charge < -0.3 is 25.8 Å². The highest BCUT2D eigenvalue weighted by Gasteiger charge is 2.38. The van der Waals surface area contributed by atoms with Crippen molar-refractivity contribution in [2.75, 3.05) is 49.8 Å². The van der Waals surface area contributed by atoms with Gasteiger partial charge in [-0.25, -0.2) is 4.98 Å². The second-order valence-corrected chi connectivity index (χ2v) is 14.8. The van der Waals surface area contributed by atoms with Crippen LogP contribution in [0.2, 0.25) is 0 Å². The van der Waals surface area contributed by atoms with Gasteiger partial charge in [-0.3, -0.25) is 24.0 Å². The van der Waals surface area contributed by atoms with E-state index >= 15 is 0 Å². The fourth-order valence-corrected chi connectivity index (χ4v) is 7.38. The molecule has 4 aliphatic rings. The van der Waals surface area contributed by atoms with Crippen LogP contribution in [-0.4, -0.2) is 92.8 Å². The first-order chi connectivity index (χ1) is 25.1. The molecular formula is C38H45N11O3. The third-order valence-corrected chi connectivity index (χ3v) is 10.4. The van der Waals surface area contributed by atoms with Crippen LogP contribution in [0.25, 0.3) is 11.1 Å². The normalized spacial score (nSPS) is 18.2. The summed E-state index contributed by atoms with van der Waals surface area (Å²) in [6.45, 7) is 6.51. The standard InChI is InChI=1S/C38H45N11O3/c1-6-31-35-27(17-39-49(35)25-19-48(20-25)18-24-14-21(2)15-30(40-24)38(52)46(3)4)26-8-7-9-28(34(26)47(31)5)42-29-16-32(43-36(50)22-10-11-22)44-45-33(29)37(51)41-23-12-13-23/h7-9,14-17,22-23,25,31H,6,10-13,18-20H2,1-5H3,(H,41,51)(H2,42,43,44,50)/t31-/m1/s1. The van der Waals surface area contributed by atoms with Gasteiger partial charge in [-0.1, -0.05) is 19.1 Å². The van der Waals surface area contributed by atoms with Crippen LogP contribution < -0.4 is 20.9 Å². The Morgan fingerprint density at radius 3 is 2.48 bits per heavy atom. The summed E-state index contributed by atoms with van der Waals surface area (Å²) in [7, 11) is 5.59. The van der Waals surface area contributed by atoms with Gasteiger partial charge in [0, 0.05) is 69.9 Å². The molecule has 0 radical (unpaired) electrons. The number of aromatic nitrogens is 5. The molecule has 2 aliphatic carbocycles. The Balaban J connectivity index is 1.06. The summed E-state index contributed by atoms with van der Waals surface area (Å²) < 4.78 is 2.20. The van der Waals surface area contributed by atoms with Crippen molar-refractivity contribution in [3.8, 4) is 11.1 Å². The zero-order valence-electron chi connectivity index (χ0n) is 30.3. The lowest BCUT2D eigenvalue weighted by molar-refractivity contribution is -0.117. The van der Waals surface area contributed by atoms with Gasteiger partial charge in [-0.05, 0) is 62.8 Å². The molecule has 0 bridgehead atoms. The molecule has 52 heavy (non-hydrogen) atoms. The van der Waals surface area contributed by atoms with E-state index in [4.69, 9.17) is 5.10 Å². The van der Waals surface area contributed by atoms with E-state index in [1.165, 1.54) is 5.69 Å². The van der Waals surface area contributed by atoms with Crippen molar-refractivity contribution >= 4 is 40.6 Å². The summed E-state index contributed by atoms with van der Waals surface area (Å²) in [5.74, 6) is -0.142. The van der Waals surface area contributed by atoms with Gasteiger partial charge in [-0.2, -0.15) is 5.10 Å². The minimum Gasteiger partial charge on any atom is -0.364 e. The van der Waals surface area contributed by atoms with E-state index < -0.39 is 0 Å². The number of likely N-dealkylation sites (tertiary alicyclic amines) is 1. The molecule has 14 heteroatoms. The zero-order chi connectivity index (χ0) is 36.3. The van der Waals surface area contributed by atoms with Crippen molar-refractivity contribution in [2.45, 2.75) is 70.6 Å². The largest absolute Gasteiger partial charge is 0.364 e. The van der Waals surface area contributed by atoms with E-state index in [0.717, 1.165) is 79.0 Å². The number of anilines is 4. The van der Waals surface area contributed by atoms with Crippen molar-refractivity contribution in [3.63, 3.8) is 0 Å². The average molecular weight is 704 g/mol. The molecule has 4 aromatic rings. The Hall–Kier alpha value is -5.37. The van der Waals surface area contributed by atoms with Gasteiger partial charge in [0.05, 0.1) is 46.7 Å². The van der Waals surface area contributed by atoms with Crippen LogP contribution in [0.4, 0.5) is 22.9 Å². The first kappa shape index (κ1) is 33.8. The van der Waals surface area contributed by atoms with Crippen LogP contribution in [0.1, 0.15) is 89.0 Å². The zero-order valence-corrected chi connectivity index (χ0v) is 30.3. The number of rotatable bonds is 11. The molecule has 5 heterocycles. The minimum absolute atomic E-state index is 0.00769. The van der Waals surface area contributed by atoms with Gasteiger partial charge in [0.15, 0.2) is 11.5 Å². The van der Waals surface area contributed by atoms with Crippen LogP contribution in [0.5, 0.6) is 0 Å². The van der Waals surface area contributed by atoms with Crippen molar-refractivity contribution in [3.05, 3.63) is 70.9 Å². The fourth-order valence-electron chi connectivity index (χ4n) is 7.38. The number of nitrogens with one attached hydrogen (secondary N) is 3. The van der Waals surface area contributed by atoms with Gasteiger partial charge in [0.2, 0.25) is 5.91 Å². The van der Waals surface area contributed by atoms with Gasteiger partial charge >= 0.3 is 0 Å². The SMILES string of the molecule is CC[C@@H]1c2c(cnn2C2CN(Cc3cc(C)cc(C(=O)N(C)C)n3)C2)-c2cccc(Nc3cc(NC(=O)C4CC4)nnc3C(=O)NC3CC3)c2N1C. The maximum Gasteiger partial charge on any atom is 0.274 e. The molecule has 3 N–H and O–H groups in total. The molecule has 14 nitrogen and oxygen atoms in total. The summed E-state index contributed by atoms with van der Waals surface area (Å²) in [5, 5.41) is 22.9. The highest BCUT2D eigenvalue weighted by atomic mass is 16.2. The molecule has 1 aromatic carbocycles. The van der Waals surface area contributed by atoms with E-state index in [1.54, 1.807) is 25.1 Å². The number of aryl methyl sites for hydroxylation is 1. The maximum absolute atomic E-state index is 13.3. The number of carbonyl (C=O) groups excluding carboxylic acids is 3. The number of pyridine rings is 1. The minimum atomic E-state index is -0.291. The highest BCUT2D eigenvalue weighted by Crippen LogP contribution is 2.50. The highest BCUT2D eigenvalue weighted by molar-refractivity contribution is 6.01. The number of carbonyl (C=O) groups is 3. The summed E-state index contributed by atoms with van der Waals surface area (Å²) >= 11 is 0. The third-order valence-electron chi connectivity index (χ3n) is 10.4. The molecule has 0 unspecified atom stereocenters. The third kappa shape index (κ3) is 6.47. The Morgan fingerprint density at radius 2 is 1.77 bits per heavy atom. The molecule has 270 valence electrons. The second kappa shape index (κ2) is 13.3. The summed E-state index contributed by atoms with van der Waals surface area (Å²) in [6.07, 6.45) is 6.48. The van der Waals surface area contributed by atoms with Crippen molar-refractivity contribution in [1.82, 2.24) is 40.1 Å². The smallest absolute Gasteiger partial charge is 0.274 e. The quantitative estimate of drug-likeness (QED) is 0.201. The number of benzene rings is 1. The van der Waals surface area contributed by atoms with Crippen LogP contribution in [0.15, 0.2) is 42.6 Å². The summed E-state index contributed by atoms with van der Waals surface area (Å²) in [4.78, 5) is 49.3. The number of fused-ring (bicyclic) bond motifs is 3. The van der Waals surface area contributed by atoms with Gasteiger partial charge in [-0.15, -0.1) is 10.2 Å². The number of hydrogen-bond acceptors (Lipinski definition) is 10. The number of amides is 3. The summed E-state index contributed by atoms with van der Waals surface area (Å²) in [6, 6.07) is 12.1. The maximum atomic E-state index is 13.3. The number of para-hydroxylation sites is 1. The first-order valence-corrected chi connectivity index (χ1v) is 18.2. The fraction of sp³-hybridized carbons (Fsp3) is 0.447. The number of nitrogens with zero attached hydrogens (tertiary/aromatic N) is 8. The molecule has 2 aliphatic heterocycles. The van der Waals surface area contributed by atoms with Crippen LogP contribution >= 0.6 is 0 Å². The Kier molecular flexibility index (Phi) is 8.64. The Morgan fingerprint density at radius 1 is 0.981 bits per heavy atom. The van der Waals surface area contributed by atoms with E-state index in [-0.39, 0.29) is 47.5 Å². The lowest BCUT2D eigenvalue weighted by Crippen LogP contribution is -2.48.